The van der Waals surface area contributed by atoms with E-state index in [1.54, 1.807) is 6.92 Å². The molecule has 1 aromatic heterocycles. The molecule has 0 bridgehead atoms. The van der Waals surface area contributed by atoms with Gasteiger partial charge in [0.2, 0.25) is 15.9 Å². The van der Waals surface area contributed by atoms with E-state index in [1.165, 1.54) is 18.9 Å². The number of aryl methyl sites for hydroxylation is 1. The number of hydrogen-bond donors (Lipinski definition) is 1. The molecule has 1 amide bonds. The summed E-state index contributed by atoms with van der Waals surface area (Å²) in [4.78, 5) is 14.6. The predicted molar refractivity (Wildman–Crippen MR) is 99.9 cm³/mol. The molecular formula is C17H22N4O4S. The van der Waals surface area contributed by atoms with Crippen molar-refractivity contribution in [3.63, 3.8) is 0 Å². The van der Waals surface area contributed by atoms with Gasteiger partial charge in [-0.2, -0.15) is 0 Å². The lowest BCUT2D eigenvalue weighted by Crippen LogP contribution is -2.37. The summed E-state index contributed by atoms with van der Waals surface area (Å²) in [7, 11) is -3.67. The average Bonchev–Trinajstić information content (AvgIpc) is 3.24. The fourth-order valence-electron chi connectivity index (χ4n) is 2.90. The Morgan fingerprint density at radius 1 is 1.27 bits per heavy atom. The molecule has 2 heterocycles. The summed E-state index contributed by atoms with van der Waals surface area (Å²) in [5.41, 5.74) is 1.74. The molecule has 3 rings (SSSR count). The number of carbonyl (C=O) groups is 1. The van der Waals surface area contributed by atoms with Gasteiger partial charge in [-0.05, 0) is 44.0 Å². The van der Waals surface area contributed by atoms with Crippen LogP contribution in [0.15, 0.2) is 34.9 Å². The summed E-state index contributed by atoms with van der Waals surface area (Å²) in [6.45, 7) is 3.37. The molecule has 2 aromatic rings. The Labute approximate surface area is 152 Å². The third kappa shape index (κ3) is 4.34. The quantitative estimate of drug-likeness (QED) is 0.826. The number of sulfonamides is 1. The van der Waals surface area contributed by atoms with Crippen molar-refractivity contribution in [3.8, 4) is 0 Å². The van der Waals surface area contributed by atoms with E-state index < -0.39 is 15.9 Å². The van der Waals surface area contributed by atoms with Crippen LogP contribution in [0.2, 0.25) is 0 Å². The van der Waals surface area contributed by atoms with Gasteiger partial charge < -0.3 is 14.7 Å². The third-order valence-corrected chi connectivity index (χ3v) is 5.30. The number of amides is 1. The highest BCUT2D eigenvalue weighted by Gasteiger charge is 2.24. The molecule has 8 nitrogen and oxygen atoms in total. The number of rotatable bonds is 6. The zero-order valence-electron chi connectivity index (χ0n) is 14.8. The first-order valence-electron chi connectivity index (χ1n) is 8.39. The van der Waals surface area contributed by atoms with E-state index in [0.717, 1.165) is 29.3 Å². The van der Waals surface area contributed by atoms with Crippen molar-refractivity contribution in [3.05, 3.63) is 36.1 Å². The maximum absolute atomic E-state index is 12.3. The molecule has 1 saturated heterocycles. The molecule has 0 aliphatic carbocycles. The van der Waals surface area contributed by atoms with Gasteiger partial charge in [0, 0.05) is 30.5 Å². The van der Waals surface area contributed by atoms with E-state index in [2.05, 4.69) is 15.4 Å². The van der Waals surface area contributed by atoms with E-state index in [1.807, 2.05) is 24.3 Å². The van der Waals surface area contributed by atoms with Crippen LogP contribution in [0.3, 0.4) is 0 Å². The fourth-order valence-corrected chi connectivity index (χ4v) is 3.68. The molecular weight excluding hydrogens is 356 g/mol. The molecule has 26 heavy (non-hydrogen) atoms. The highest BCUT2D eigenvalue weighted by atomic mass is 32.2. The molecule has 0 spiro atoms. The third-order valence-electron chi connectivity index (χ3n) is 4.18. The molecule has 1 N–H and O–H groups in total. The van der Waals surface area contributed by atoms with Crippen LogP contribution in [0.25, 0.3) is 0 Å². The summed E-state index contributed by atoms with van der Waals surface area (Å²) in [5, 5.41) is 6.40. The van der Waals surface area contributed by atoms with Gasteiger partial charge >= 0.3 is 0 Å². The van der Waals surface area contributed by atoms with E-state index in [0.29, 0.717) is 11.4 Å². The van der Waals surface area contributed by atoms with Crippen molar-refractivity contribution in [1.82, 2.24) is 5.16 Å². The zero-order chi connectivity index (χ0) is 18.7. The van der Waals surface area contributed by atoms with Gasteiger partial charge in [-0.1, -0.05) is 5.16 Å². The van der Waals surface area contributed by atoms with Gasteiger partial charge in [-0.15, -0.1) is 0 Å². The van der Waals surface area contributed by atoms with Crippen LogP contribution in [0, 0.1) is 6.92 Å². The number of anilines is 3. The molecule has 0 saturated carbocycles. The van der Waals surface area contributed by atoms with Crippen LogP contribution in [0.1, 0.15) is 18.6 Å². The van der Waals surface area contributed by atoms with E-state index in [4.69, 9.17) is 4.52 Å². The monoisotopic (exact) mass is 378 g/mol. The summed E-state index contributed by atoms with van der Waals surface area (Å²) in [6, 6.07) is 9.01. The average molecular weight is 378 g/mol. The highest BCUT2D eigenvalue weighted by molar-refractivity contribution is 7.92. The van der Waals surface area contributed by atoms with Gasteiger partial charge in [0.15, 0.2) is 5.82 Å². The Balaban J connectivity index is 1.66. The number of benzene rings is 1. The Morgan fingerprint density at radius 3 is 2.46 bits per heavy atom. The Bertz CT molecular complexity index is 870. The maximum atomic E-state index is 12.3. The Hall–Kier alpha value is -2.55. The van der Waals surface area contributed by atoms with Crippen LogP contribution in [-0.2, 0) is 14.8 Å². The molecule has 1 aliphatic rings. The van der Waals surface area contributed by atoms with E-state index >= 15 is 0 Å². The minimum atomic E-state index is -3.67. The first kappa shape index (κ1) is 18.2. The number of aromatic nitrogens is 1. The second-order valence-corrected chi connectivity index (χ2v) is 8.26. The van der Waals surface area contributed by atoms with Gasteiger partial charge in [-0.3, -0.25) is 4.79 Å². The summed E-state index contributed by atoms with van der Waals surface area (Å²) in [6.07, 6.45) is 3.41. The molecule has 9 heteroatoms. The van der Waals surface area contributed by atoms with Gasteiger partial charge in [0.1, 0.15) is 12.3 Å². The lowest BCUT2D eigenvalue weighted by Gasteiger charge is -2.19. The van der Waals surface area contributed by atoms with Crippen molar-refractivity contribution in [1.29, 1.82) is 0 Å². The Kier molecular flexibility index (Phi) is 5.17. The fraction of sp³-hybridized carbons (Fsp3) is 0.412. The van der Waals surface area contributed by atoms with Crippen LogP contribution in [0.4, 0.5) is 17.2 Å². The van der Waals surface area contributed by atoms with E-state index in [-0.39, 0.29) is 12.4 Å². The zero-order valence-corrected chi connectivity index (χ0v) is 15.6. The molecule has 1 aromatic carbocycles. The van der Waals surface area contributed by atoms with Gasteiger partial charge in [-0.25, -0.2) is 12.7 Å². The van der Waals surface area contributed by atoms with Crippen LogP contribution in [0.5, 0.6) is 0 Å². The maximum Gasteiger partial charge on any atom is 0.245 e. The first-order chi connectivity index (χ1) is 12.3. The second-order valence-electron chi connectivity index (χ2n) is 6.35. The SMILES string of the molecule is Cc1cc(N(CC(=O)Nc2ccc(N3CCCC3)cc2)S(C)(=O)=O)no1. The van der Waals surface area contributed by atoms with Crippen LogP contribution >= 0.6 is 0 Å². The summed E-state index contributed by atoms with van der Waals surface area (Å²) in [5.74, 6) is 0.0982. The number of nitrogens with zero attached hydrogens (tertiary/aromatic N) is 3. The summed E-state index contributed by atoms with van der Waals surface area (Å²) < 4.78 is 29.8. The predicted octanol–water partition coefficient (Wildman–Crippen LogP) is 1.99. The molecule has 1 fully saturated rings. The minimum Gasteiger partial charge on any atom is -0.372 e. The largest absolute Gasteiger partial charge is 0.372 e. The Morgan fingerprint density at radius 2 is 1.92 bits per heavy atom. The second kappa shape index (κ2) is 7.36. The number of nitrogens with one attached hydrogen (secondary N) is 1. The van der Waals surface area contributed by atoms with Gasteiger partial charge in [0.25, 0.3) is 0 Å². The van der Waals surface area contributed by atoms with E-state index in [9.17, 15) is 13.2 Å². The van der Waals surface area contributed by atoms with Crippen molar-refractivity contribution < 1.29 is 17.7 Å². The standard InChI is InChI=1S/C17H22N4O4S/c1-13-11-16(19-25-13)21(26(2,23)24)12-17(22)18-14-5-7-15(8-6-14)20-9-3-4-10-20/h5-8,11H,3-4,9-10,12H2,1-2H3,(H,18,22). The molecule has 140 valence electrons. The van der Waals surface area contributed by atoms with Crippen molar-refractivity contribution >= 4 is 33.1 Å². The summed E-state index contributed by atoms with van der Waals surface area (Å²) >= 11 is 0. The van der Waals surface area contributed by atoms with Crippen LogP contribution in [-0.4, -0.2) is 45.4 Å². The normalized spacial score (nSPS) is 14.5. The lowest BCUT2D eigenvalue weighted by molar-refractivity contribution is -0.114. The highest BCUT2D eigenvalue weighted by Crippen LogP contribution is 2.22. The molecule has 0 unspecified atom stereocenters. The molecule has 1 aliphatic heterocycles. The smallest absolute Gasteiger partial charge is 0.245 e. The molecule has 0 atom stereocenters. The number of hydrogen-bond acceptors (Lipinski definition) is 6. The van der Waals surface area contributed by atoms with Gasteiger partial charge in [0.05, 0.1) is 6.26 Å². The van der Waals surface area contributed by atoms with Crippen LogP contribution < -0.4 is 14.5 Å². The number of carbonyl (C=O) groups excluding carboxylic acids is 1. The lowest BCUT2D eigenvalue weighted by atomic mass is 10.2. The minimum absolute atomic E-state index is 0.0875. The topological polar surface area (TPSA) is 95.8 Å². The van der Waals surface area contributed by atoms with Crippen molar-refractivity contribution in [2.45, 2.75) is 19.8 Å². The van der Waals surface area contributed by atoms with Crippen molar-refractivity contribution in [2.75, 3.05) is 40.4 Å². The van der Waals surface area contributed by atoms with Crippen molar-refractivity contribution in [2.24, 2.45) is 0 Å². The first-order valence-corrected chi connectivity index (χ1v) is 10.2. The molecule has 0 radical (unpaired) electrons.